The Labute approximate surface area is 173 Å². The van der Waals surface area contributed by atoms with E-state index >= 15 is 0 Å². The molecule has 0 spiro atoms. The molecule has 0 bridgehead atoms. The molecule has 0 aliphatic carbocycles. The lowest BCUT2D eigenvalue weighted by atomic mass is 9.97. The second-order valence-electron chi connectivity index (χ2n) is 6.75. The second-order valence-corrected chi connectivity index (χ2v) is 7.19. The molecule has 2 aliphatic heterocycles. The maximum atomic E-state index is 6.36. The van der Waals surface area contributed by atoms with Crippen LogP contribution < -0.4 is 14.2 Å². The van der Waals surface area contributed by atoms with Gasteiger partial charge in [0.15, 0.2) is 17.6 Å². The Kier molecular flexibility index (Phi) is 4.52. The number of hydrogen-bond donors (Lipinski definition) is 0. The van der Waals surface area contributed by atoms with Crippen LogP contribution in [0, 0.1) is 0 Å². The fourth-order valence-electron chi connectivity index (χ4n) is 3.46. The summed E-state index contributed by atoms with van der Waals surface area (Å²) in [7, 11) is 1.65. The van der Waals surface area contributed by atoms with E-state index in [1.165, 1.54) is 0 Å². The van der Waals surface area contributed by atoms with E-state index in [4.69, 9.17) is 35.5 Å². The summed E-state index contributed by atoms with van der Waals surface area (Å²) in [6.07, 6.45) is -0.338. The largest absolute Gasteiger partial charge is 0.497 e. The Bertz CT molecular complexity index is 1080. The number of rotatable bonds is 3. The van der Waals surface area contributed by atoms with Crippen LogP contribution in [0.2, 0.25) is 5.02 Å². The van der Waals surface area contributed by atoms with Gasteiger partial charge in [-0.3, -0.25) is 0 Å². The molecule has 29 heavy (non-hydrogen) atoms. The van der Waals surface area contributed by atoms with Crippen molar-refractivity contribution in [2.24, 2.45) is 4.99 Å². The molecule has 3 aromatic carbocycles. The SMILES string of the molecule is COc1ccc([C@H]2OC(c3ccc(Cl)cc3)=Nc3cc4c(cc32)OCCO4)cc1. The van der Waals surface area contributed by atoms with Crippen molar-refractivity contribution in [2.75, 3.05) is 20.3 Å². The van der Waals surface area contributed by atoms with E-state index in [1.807, 2.05) is 60.7 Å². The monoisotopic (exact) mass is 407 g/mol. The molecule has 0 radical (unpaired) electrons. The van der Waals surface area contributed by atoms with Gasteiger partial charge in [0.1, 0.15) is 19.0 Å². The van der Waals surface area contributed by atoms with E-state index in [0.717, 1.165) is 28.1 Å². The van der Waals surface area contributed by atoms with Crippen molar-refractivity contribution in [1.82, 2.24) is 0 Å². The summed E-state index contributed by atoms with van der Waals surface area (Å²) in [4.78, 5) is 4.75. The van der Waals surface area contributed by atoms with E-state index in [9.17, 15) is 0 Å². The molecule has 6 heteroatoms. The summed E-state index contributed by atoms with van der Waals surface area (Å²) in [5, 5.41) is 0.664. The predicted octanol–water partition coefficient (Wildman–Crippen LogP) is 5.32. The first-order valence-electron chi connectivity index (χ1n) is 9.30. The minimum absolute atomic E-state index is 0.338. The van der Waals surface area contributed by atoms with Gasteiger partial charge in [-0.2, -0.15) is 0 Å². The van der Waals surface area contributed by atoms with Crippen molar-refractivity contribution in [3.8, 4) is 17.2 Å². The van der Waals surface area contributed by atoms with E-state index in [0.29, 0.717) is 35.6 Å². The number of aliphatic imine (C=N–C) groups is 1. The van der Waals surface area contributed by atoms with Crippen molar-refractivity contribution in [2.45, 2.75) is 6.10 Å². The summed E-state index contributed by atoms with van der Waals surface area (Å²) < 4.78 is 23.2. The van der Waals surface area contributed by atoms with Gasteiger partial charge in [0.2, 0.25) is 5.90 Å². The maximum absolute atomic E-state index is 6.36. The molecular formula is C23H18ClNO4. The van der Waals surface area contributed by atoms with E-state index in [-0.39, 0.29) is 6.10 Å². The van der Waals surface area contributed by atoms with Crippen LogP contribution in [0.1, 0.15) is 22.8 Å². The number of fused-ring (bicyclic) bond motifs is 2. The third-order valence-corrected chi connectivity index (χ3v) is 5.19. The van der Waals surface area contributed by atoms with Gasteiger partial charge in [-0.15, -0.1) is 0 Å². The van der Waals surface area contributed by atoms with Crippen molar-refractivity contribution < 1.29 is 18.9 Å². The van der Waals surface area contributed by atoms with Gasteiger partial charge in [0.25, 0.3) is 0 Å². The second kappa shape index (κ2) is 7.33. The van der Waals surface area contributed by atoms with E-state index in [1.54, 1.807) is 7.11 Å². The van der Waals surface area contributed by atoms with Gasteiger partial charge in [-0.1, -0.05) is 23.7 Å². The van der Waals surface area contributed by atoms with Crippen LogP contribution >= 0.6 is 11.6 Å². The molecule has 0 unspecified atom stereocenters. The average Bonchev–Trinajstić information content (AvgIpc) is 2.77. The Morgan fingerprint density at radius 2 is 1.62 bits per heavy atom. The molecule has 2 heterocycles. The fraction of sp³-hybridized carbons (Fsp3) is 0.174. The molecule has 0 N–H and O–H groups in total. The van der Waals surface area contributed by atoms with Gasteiger partial charge in [0.05, 0.1) is 12.8 Å². The molecular weight excluding hydrogens is 390 g/mol. The lowest BCUT2D eigenvalue weighted by Gasteiger charge is -2.29. The molecule has 146 valence electrons. The van der Waals surface area contributed by atoms with Crippen LogP contribution in [0.5, 0.6) is 17.2 Å². The first-order valence-corrected chi connectivity index (χ1v) is 9.68. The summed E-state index contributed by atoms with van der Waals surface area (Å²) >= 11 is 6.04. The molecule has 5 rings (SSSR count). The highest BCUT2D eigenvalue weighted by Crippen LogP contribution is 2.45. The van der Waals surface area contributed by atoms with Gasteiger partial charge in [-0.05, 0) is 48.0 Å². The molecule has 2 aliphatic rings. The van der Waals surface area contributed by atoms with Crippen LogP contribution in [-0.4, -0.2) is 26.2 Å². The van der Waals surface area contributed by atoms with Gasteiger partial charge >= 0.3 is 0 Å². The van der Waals surface area contributed by atoms with Crippen LogP contribution in [0.25, 0.3) is 0 Å². The Balaban J connectivity index is 1.63. The summed E-state index contributed by atoms with van der Waals surface area (Å²) in [5.74, 6) is 2.73. The number of ether oxygens (including phenoxy) is 4. The van der Waals surface area contributed by atoms with E-state index in [2.05, 4.69) is 0 Å². The van der Waals surface area contributed by atoms with E-state index < -0.39 is 0 Å². The van der Waals surface area contributed by atoms with Crippen LogP contribution in [-0.2, 0) is 4.74 Å². The third kappa shape index (κ3) is 3.38. The smallest absolute Gasteiger partial charge is 0.222 e. The zero-order chi connectivity index (χ0) is 19.8. The number of hydrogen-bond acceptors (Lipinski definition) is 5. The predicted molar refractivity (Wildman–Crippen MR) is 111 cm³/mol. The van der Waals surface area contributed by atoms with Crippen molar-refractivity contribution in [3.05, 3.63) is 82.4 Å². The van der Waals surface area contributed by atoms with Crippen LogP contribution in [0.3, 0.4) is 0 Å². The summed E-state index contributed by atoms with van der Waals surface area (Å²) in [6.45, 7) is 1.05. The highest BCUT2D eigenvalue weighted by molar-refractivity contribution is 6.30. The molecule has 0 aromatic heterocycles. The van der Waals surface area contributed by atoms with Gasteiger partial charge in [-0.25, -0.2) is 4.99 Å². The molecule has 0 saturated heterocycles. The summed E-state index contributed by atoms with van der Waals surface area (Å²) in [6, 6.07) is 19.1. The Morgan fingerprint density at radius 3 is 2.31 bits per heavy atom. The number of nitrogens with zero attached hydrogens (tertiary/aromatic N) is 1. The Morgan fingerprint density at radius 1 is 0.931 bits per heavy atom. The lowest BCUT2D eigenvalue weighted by molar-refractivity contribution is 0.170. The zero-order valence-electron chi connectivity index (χ0n) is 15.7. The molecule has 3 aromatic rings. The number of benzene rings is 3. The van der Waals surface area contributed by atoms with Gasteiger partial charge in [0, 0.05) is 22.2 Å². The normalized spacial score (nSPS) is 17.0. The zero-order valence-corrected chi connectivity index (χ0v) is 16.5. The van der Waals surface area contributed by atoms with Crippen molar-refractivity contribution in [1.29, 1.82) is 0 Å². The van der Waals surface area contributed by atoms with Crippen LogP contribution in [0.4, 0.5) is 5.69 Å². The maximum Gasteiger partial charge on any atom is 0.222 e. The van der Waals surface area contributed by atoms with Crippen LogP contribution in [0.15, 0.2) is 65.7 Å². The first-order chi connectivity index (χ1) is 14.2. The van der Waals surface area contributed by atoms with Gasteiger partial charge < -0.3 is 18.9 Å². The highest BCUT2D eigenvalue weighted by Gasteiger charge is 2.29. The third-order valence-electron chi connectivity index (χ3n) is 4.94. The standard InChI is InChI=1S/C23H18ClNO4/c1-26-17-8-4-14(5-9-17)22-18-12-20-21(28-11-10-27-20)13-19(18)25-23(29-22)15-2-6-16(24)7-3-15/h2-9,12-13,22H,10-11H2,1H3/t22-/m1/s1. The molecule has 0 fully saturated rings. The molecule has 0 saturated carbocycles. The number of methoxy groups -OCH3 is 1. The van der Waals surface area contributed by atoms with Crippen molar-refractivity contribution >= 4 is 23.2 Å². The Hall–Kier alpha value is -3.18. The topological polar surface area (TPSA) is 49.3 Å². The molecule has 0 amide bonds. The first kappa shape index (κ1) is 17.9. The number of halogens is 1. The molecule has 1 atom stereocenters. The molecule has 5 nitrogen and oxygen atoms in total. The highest BCUT2D eigenvalue weighted by atomic mass is 35.5. The lowest BCUT2D eigenvalue weighted by Crippen LogP contribution is -2.20. The minimum atomic E-state index is -0.338. The quantitative estimate of drug-likeness (QED) is 0.589. The average molecular weight is 408 g/mol. The summed E-state index contributed by atoms with van der Waals surface area (Å²) in [5.41, 5.74) is 3.57. The van der Waals surface area contributed by atoms with Crippen molar-refractivity contribution in [3.63, 3.8) is 0 Å². The minimum Gasteiger partial charge on any atom is -0.497 e. The fourth-order valence-corrected chi connectivity index (χ4v) is 3.59.